The molecule has 0 unspecified atom stereocenters. The van der Waals surface area contributed by atoms with Gasteiger partial charge in [0.05, 0.1) is 19.4 Å². The van der Waals surface area contributed by atoms with Gasteiger partial charge in [0.25, 0.3) is 0 Å². The molecule has 0 spiro atoms. The molecule has 1 aromatic heterocycles. The Bertz CT molecular complexity index is 1500. The SMILES string of the molecule is COc1cc(-c2cccc(OC(F)(F)F)c2)c(F)cc1N1C(=O)OC[C@H]2CN(S(=O)(=O)Nc3ccon3)CC[C@@H]21. The molecule has 2 saturated heterocycles. The van der Waals surface area contributed by atoms with Crippen LogP contribution in [0.3, 0.4) is 0 Å². The van der Waals surface area contributed by atoms with Crippen LogP contribution in [0.2, 0.25) is 0 Å². The summed E-state index contributed by atoms with van der Waals surface area (Å²) in [5.74, 6) is -1.78. The van der Waals surface area contributed by atoms with E-state index in [1.54, 1.807) is 0 Å². The molecular formula is C24H22F4N4O7S. The molecule has 5 rings (SSSR count). The lowest BCUT2D eigenvalue weighted by molar-refractivity contribution is -0.274. The number of fused-ring (bicyclic) bond motifs is 1. The topological polar surface area (TPSA) is 123 Å². The third-order valence-corrected chi connectivity index (χ3v) is 8.00. The van der Waals surface area contributed by atoms with E-state index < -0.39 is 46.2 Å². The molecule has 11 nitrogen and oxygen atoms in total. The van der Waals surface area contributed by atoms with Crippen LogP contribution in [0.15, 0.2) is 53.3 Å². The molecule has 2 aromatic carbocycles. The van der Waals surface area contributed by atoms with E-state index in [-0.39, 0.29) is 54.5 Å². The molecule has 0 saturated carbocycles. The molecule has 40 heavy (non-hydrogen) atoms. The number of hydrogen-bond donors (Lipinski definition) is 1. The lowest BCUT2D eigenvalue weighted by Gasteiger charge is -2.45. The van der Waals surface area contributed by atoms with Gasteiger partial charge < -0.3 is 18.7 Å². The predicted octanol–water partition coefficient (Wildman–Crippen LogP) is 4.39. The zero-order chi connectivity index (χ0) is 28.7. The molecular weight excluding hydrogens is 564 g/mol. The summed E-state index contributed by atoms with van der Waals surface area (Å²) in [7, 11) is -2.69. The molecule has 2 aliphatic heterocycles. The average molecular weight is 587 g/mol. The number of alkyl halides is 3. The van der Waals surface area contributed by atoms with Crippen molar-refractivity contribution in [3.05, 3.63) is 54.5 Å². The van der Waals surface area contributed by atoms with E-state index in [0.29, 0.717) is 0 Å². The first-order valence-electron chi connectivity index (χ1n) is 11.8. The lowest BCUT2D eigenvalue weighted by atomic mass is 9.91. The van der Waals surface area contributed by atoms with E-state index in [9.17, 15) is 26.4 Å². The second kappa shape index (κ2) is 10.5. The summed E-state index contributed by atoms with van der Waals surface area (Å²) >= 11 is 0. The first kappa shape index (κ1) is 27.5. The van der Waals surface area contributed by atoms with Crippen LogP contribution in [0, 0.1) is 11.7 Å². The fourth-order valence-electron chi connectivity index (χ4n) is 4.81. The van der Waals surface area contributed by atoms with Crippen molar-refractivity contribution in [3.8, 4) is 22.6 Å². The molecule has 16 heteroatoms. The van der Waals surface area contributed by atoms with E-state index >= 15 is 4.39 Å². The lowest BCUT2D eigenvalue weighted by Crippen LogP contribution is -2.59. The maximum absolute atomic E-state index is 15.4. The number of methoxy groups -OCH3 is 1. The summed E-state index contributed by atoms with van der Waals surface area (Å²) in [6, 6.07) is 7.87. The number of ether oxygens (including phenoxy) is 3. The number of hydrogen-bond acceptors (Lipinski definition) is 8. The Labute approximate surface area is 225 Å². The van der Waals surface area contributed by atoms with Gasteiger partial charge in [-0.2, -0.15) is 12.7 Å². The van der Waals surface area contributed by atoms with Gasteiger partial charge >= 0.3 is 22.7 Å². The van der Waals surface area contributed by atoms with Gasteiger partial charge in [0.2, 0.25) is 0 Å². The fraction of sp³-hybridized carbons (Fsp3) is 0.333. The van der Waals surface area contributed by atoms with E-state index in [1.165, 1.54) is 46.8 Å². The van der Waals surface area contributed by atoms with E-state index in [1.807, 2.05) is 0 Å². The molecule has 2 fully saturated rings. The molecule has 1 amide bonds. The third-order valence-electron chi connectivity index (χ3n) is 6.52. The normalized spacial score (nSPS) is 20.0. The van der Waals surface area contributed by atoms with Crippen LogP contribution in [-0.2, 0) is 14.9 Å². The first-order chi connectivity index (χ1) is 18.9. The van der Waals surface area contributed by atoms with E-state index in [4.69, 9.17) is 9.47 Å². The second-order valence-corrected chi connectivity index (χ2v) is 10.7. The highest BCUT2D eigenvalue weighted by molar-refractivity contribution is 7.90. The number of nitrogens with zero attached hydrogens (tertiary/aromatic N) is 3. The first-order valence-corrected chi connectivity index (χ1v) is 13.3. The molecule has 3 heterocycles. The van der Waals surface area contributed by atoms with Crippen molar-refractivity contribution in [1.29, 1.82) is 0 Å². The van der Waals surface area contributed by atoms with Crippen LogP contribution in [0.1, 0.15) is 6.42 Å². The van der Waals surface area contributed by atoms with Gasteiger partial charge in [0.15, 0.2) is 5.82 Å². The number of piperidine rings is 1. The summed E-state index contributed by atoms with van der Waals surface area (Å²) in [5, 5.41) is 3.54. The Balaban J connectivity index is 1.42. The molecule has 3 aromatic rings. The molecule has 0 aliphatic carbocycles. The van der Waals surface area contributed by atoms with Crippen molar-refractivity contribution in [2.75, 3.05) is 36.4 Å². The minimum absolute atomic E-state index is 0.00346. The van der Waals surface area contributed by atoms with Crippen molar-refractivity contribution in [1.82, 2.24) is 9.46 Å². The fourth-order valence-corrected chi connectivity index (χ4v) is 6.04. The minimum atomic E-state index is -4.93. The van der Waals surface area contributed by atoms with Gasteiger partial charge in [0.1, 0.15) is 23.6 Å². The number of benzene rings is 2. The molecule has 2 aliphatic rings. The zero-order valence-electron chi connectivity index (χ0n) is 20.7. The van der Waals surface area contributed by atoms with Crippen molar-refractivity contribution in [2.45, 2.75) is 18.8 Å². The highest BCUT2D eigenvalue weighted by Gasteiger charge is 2.45. The number of aromatic nitrogens is 1. The van der Waals surface area contributed by atoms with Crippen LogP contribution in [0.4, 0.5) is 33.9 Å². The second-order valence-electron chi connectivity index (χ2n) is 8.99. The number of amides is 1. The smallest absolute Gasteiger partial charge is 0.495 e. The molecule has 214 valence electrons. The van der Waals surface area contributed by atoms with Crippen molar-refractivity contribution in [3.63, 3.8) is 0 Å². The van der Waals surface area contributed by atoms with E-state index in [2.05, 4.69) is 19.1 Å². The van der Waals surface area contributed by atoms with Crippen molar-refractivity contribution in [2.24, 2.45) is 5.92 Å². The van der Waals surface area contributed by atoms with Gasteiger partial charge in [-0.3, -0.25) is 9.62 Å². The van der Waals surface area contributed by atoms with Crippen LogP contribution in [-0.4, -0.2) is 63.2 Å². The summed E-state index contributed by atoms with van der Waals surface area (Å²) in [6.45, 7) is -0.0334. The summed E-state index contributed by atoms with van der Waals surface area (Å²) in [6.07, 6.45) is -4.29. The van der Waals surface area contributed by atoms with Crippen LogP contribution in [0.25, 0.3) is 11.1 Å². The van der Waals surface area contributed by atoms with Gasteiger partial charge in [-0.05, 0) is 30.2 Å². The van der Waals surface area contributed by atoms with E-state index in [0.717, 1.165) is 18.2 Å². The van der Waals surface area contributed by atoms with Crippen molar-refractivity contribution >= 4 is 27.8 Å². The molecule has 1 N–H and O–H groups in total. The van der Waals surface area contributed by atoms with Gasteiger partial charge in [-0.15, -0.1) is 13.2 Å². The predicted molar refractivity (Wildman–Crippen MR) is 131 cm³/mol. The average Bonchev–Trinajstić information content (AvgIpc) is 3.40. The van der Waals surface area contributed by atoms with Gasteiger partial charge in [-0.1, -0.05) is 17.3 Å². The van der Waals surface area contributed by atoms with Gasteiger partial charge in [0, 0.05) is 42.7 Å². The quantitative estimate of drug-likeness (QED) is 0.405. The number of cyclic esters (lactones) is 1. The molecule has 2 atom stereocenters. The largest absolute Gasteiger partial charge is 0.573 e. The highest BCUT2D eigenvalue weighted by Crippen LogP contribution is 2.41. The Hall–Kier alpha value is -4.05. The summed E-state index contributed by atoms with van der Waals surface area (Å²) in [5.41, 5.74) is 0.0273. The van der Waals surface area contributed by atoms with Crippen LogP contribution >= 0.6 is 0 Å². The molecule has 0 bridgehead atoms. The number of carbonyl (C=O) groups excluding carboxylic acids is 1. The third kappa shape index (κ3) is 5.62. The van der Waals surface area contributed by atoms with Crippen LogP contribution in [0.5, 0.6) is 11.5 Å². The standard InChI is InChI=1S/C24H22F4N4O7S/c1-36-21-10-17(14-3-2-4-16(9-14)39-24(26,27)28)18(25)11-20(21)32-19-5-7-31(12-15(19)13-37-23(32)33)40(34,35)30-22-6-8-38-29-22/h2-4,6,8-11,15,19H,5,7,12-13H2,1H3,(H,29,30)/t15-,19+/m1/s1. The minimum Gasteiger partial charge on any atom is -0.495 e. The summed E-state index contributed by atoms with van der Waals surface area (Å²) < 4.78 is 102. The number of rotatable bonds is 7. The highest BCUT2D eigenvalue weighted by atomic mass is 32.2. The number of nitrogens with one attached hydrogen (secondary N) is 1. The maximum Gasteiger partial charge on any atom is 0.573 e. The maximum atomic E-state index is 15.4. The monoisotopic (exact) mass is 586 g/mol. The number of anilines is 2. The Kier molecular flexibility index (Phi) is 7.22. The Morgan fingerprint density at radius 2 is 1.98 bits per heavy atom. The Morgan fingerprint density at radius 3 is 2.67 bits per heavy atom. The van der Waals surface area contributed by atoms with Crippen LogP contribution < -0.4 is 19.1 Å². The van der Waals surface area contributed by atoms with Gasteiger partial charge in [-0.25, -0.2) is 9.18 Å². The number of halogens is 4. The summed E-state index contributed by atoms with van der Waals surface area (Å²) in [4.78, 5) is 14.1. The Morgan fingerprint density at radius 1 is 1.18 bits per heavy atom. The molecule has 0 radical (unpaired) electrons. The number of carbonyl (C=O) groups is 1. The van der Waals surface area contributed by atoms with Crippen molar-refractivity contribution < 1.29 is 49.5 Å². The zero-order valence-corrected chi connectivity index (χ0v) is 21.5.